The molecule has 0 aromatic rings. The standard InChI is InChI=1S/C15H31N2O7P.C2H6/c1-16-14(19)8-6-9-15(20)17-10-5-4-7-13(11-18)12-24-25(21,22-2)23-3;1-2/h13,18H,4-12H2,1-3H3,(H,16,19)(H,17,20);1-2H3. The lowest BCUT2D eigenvalue weighted by atomic mass is 10.0. The van der Waals surface area contributed by atoms with Gasteiger partial charge in [0.05, 0.1) is 6.61 Å². The molecule has 1 unspecified atom stereocenters. The number of phosphoric ester groups is 1. The monoisotopic (exact) mass is 412 g/mol. The van der Waals surface area contributed by atoms with Crippen molar-refractivity contribution in [3.05, 3.63) is 0 Å². The molecule has 9 nitrogen and oxygen atoms in total. The summed E-state index contributed by atoms with van der Waals surface area (Å²) in [5.74, 6) is -0.328. The van der Waals surface area contributed by atoms with Crippen LogP contribution >= 0.6 is 7.82 Å². The lowest BCUT2D eigenvalue weighted by molar-refractivity contribution is -0.122. The van der Waals surface area contributed by atoms with Crippen molar-refractivity contribution in [2.24, 2.45) is 5.92 Å². The zero-order chi connectivity index (χ0) is 21.1. The molecule has 0 radical (unpaired) electrons. The number of aliphatic hydroxyl groups excluding tert-OH is 1. The minimum Gasteiger partial charge on any atom is -0.396 e. The molecule has 1 atom stereocenters. The van der Waals surface area contributed by atoms with Crippen molar-refractivity contribution in [3.8, 4) is 0 Å². The van der Waals surface area contributed by atoms with Crippen LogP contribution in [0, 0.1) is 5.92 Å². The van der Waals surface area contributed by atoms with Crippen molar-refractivity contribution in [1.29, 1.82) is 0 Å². The maximum atomic E-state index is 11.7. The molecule has 0 spiro atoms. The summed E-state index contributed by atoms with van der Waals surface area (Å²) in [7, 11) is 0.506. The number of hydrogen-bond donors (Lipinski definition) is 3. The third kappa shape index (κ3) is 15.7. The Balaban J connectivity index is 0. The van der Waals surface area contributed by atoms with Crippen molar-refractivity contribution in [1.82, 2.24) is 10.6 Å². The molecular formula is C17H37N2O7P. The molecule has 0 rings (SSSR count). The number of aliphatic hydroxyl groups is 1. The Hall–Kier alpha value is -0.990. The molecule has 162 valence electrons. The molecule has 3 N–H and O–H groups in total. The van der Waals surface area contributed by atoms with Crippen LogP contribution in [0.25, 0.3) is 0 Å². The molecule has 2 amide bonds. The highest BCUT2D eigenvalue weighted by molar-refractivity contribution is 7.48. The van der Waals surface area contributed by atoms with E-state index in [0.29, 0.717) is 32.2 Å². The summed E-state index contributed by atoms with van der Waals surface area (Å²) in [5.41, 5.74) is 0. The van der Waals surface area contributed by atoms with Crippen LogP contribution < -0.4 is 10.6 Å². The van der Waals surface area contributed by atoms with Crippen molar-refractivity contribution >= 4 is 19.6 Å². The van der Waals surface area contributed by atoms with Crippen molar-refractivity contribution in [2.75, 3.05) is 41.0 Å². The number of carbonyl (C=O) groups is 2. The van der Waals surface area contributed by atoms with E-state index < -0.39 is 7.82 Å². The van der Waals surface area contributed by atoms with E-state index >= 15 is 0 Å². The maximum Gasteiger partial charge on any atom is 0.474 e. The third-order valence-corrected chi connectivity index (χ3v) is 4.98. The molecule has 0 aliphatic carbocycles. The second-order valence-electron chi connectivity index (χ2n) is 5.53. The predicted octanol–water partition coefficient (Wildman–Crippen LogP) is 2.24. The van der Waals surface area contributed by atoms with Crippen LogP contribution in [0.2, 0.25) is 0 Å². The van der Waals surface area contributed by atoms with E-state index in [9.17, 15) is 19.3 Å². The van der Waals surface area contributed by atoms with Crippen molar-refractivity contribution < 1.29 is 32.8 Å². The van der Waals surface area contributed by atoms with Crippen LogP contribution in [-0.4, -0.2) is 57.9 Å². The fourth-order valence-corrected chi connectivity index (χ4v) is 2.77. The summed E-state index contributed by atoms with van der Waals surface area (Å²) in [6.07, 6.45) is 3.38. The molecular weight excluding hydrogens is 375 g/mol. The predicted molar refractivity (Wildman–Crippen MR) is 104 cm³/mol. The zero-order valence-electron chi connectivity index (χ0n) is 17.3. The van der Waals surface area contributed by atoms with Crippen LogP contribution in [0.5, 0.6) is 0 Å². The van der Waals surface area contributed by atoms with Gasteiger partial charge in [0.2, 0.25) is 11.8 Å². The summed E-state index contributed by atoms with van der Waals surface area (Å²) in [4.78, 5) is 22.6. The first-order valence-electron chi connectivity index (χ1n) is 9.35. The van der Waals surface area contributed by atoms with Crippen LogP contribution in [0.3, 0.4) is 0 Å². The molecule has 0 aromatic heterocycles. The second-order valence-corrected chi connectivity index (χ2v) is 7.41. The summed E-state index contributed by atoms with van der Waals surface area (Å²) in [5, 5.41) is 14.6. The van der Waals surface area contributed by atoms with Crippen LogP contribution in [0.15, 0.2) is 0 Å². The summed E-state index contributed by atoms with van der Waals surface area (Å²) in [6.45, 7) is 4.51. The average molecular weight is 412 g/mol. The summed E-state index contributed by atoms with van der Waals surface area (Å²) >= 11 is 0. The molecule has 0 bridgehead atoms. The highest BCUT2D eigenvalue weighted by Gasteiger charge is 2.24. The largest absolute Gasteiger partial charge is 0.474 e. The van der Waals surface area contributed by atoms with Crippen LogP contribution in [0.4, 0.5) is 0 Å². The Kier molecular flexibility index (Phi) is 19.2. The van der Waals surface area contributed by atoms with Crippen LogP contribution in [-0.2, 0) is 27.7 Å². The Bertz CT molecular complexity index is 428. The number of hydrogen-bond acceptors (Lipinski definition) is 7. The molecule has 0 heterocycles. The van der Waals surface area contributed by atoms with Gasteiger partial charge in [-0.25, -0.2) is 4.57 Å². The van der Waals surface area contributed by atoms with Gasteiger partial charge in [-0.05, 0) is 19.3 Å². The third-order valence-electron chi connectivity index (χ3n) is 3.62. The molecule has 0 saturated carbocycles. The highest BCUT2D eigenvalue weighted by atomic mass is 31.2. The zero-order valence-corrected chi connectivity index (χ0v) is 18.2. The molecule has 0 aromatic carbocycles. The molecule has 10 heteroatoms. The van der Waals surface area contributed by atoms with E-state index in [4.69, 9.17) is 4.52 Å². The van der Waals surface area contributed by atoms with Crippen molar-refractivity contribution in [2.45, 2.75) is 52.4 Å². The fraction of sp³-hybridized carbons (Fsp3) is 0.882. The summed E-state index contributed by atoms with van der Waals surface area (Å²) in [6, 6.07) is 0. The molecule has 0 fully saturated rings. The normalized spacial score (nSPS) is 11.9. The van der Waals surface area contributed by atoms with Gasteiger partial charge in [0.15, 0.2) is 0 Å². The Morgan fingerprint density at radius 1 is 1.04 bits per heavy atom. The Labute approximate surface area is 163 Å². The first-order valence-corrected chi connectivity index (χ1v) is 10.8. The molecule has 0 aliphatic rings. The SMILES string of the molecule is CC.CNC(=O)CCCC(=O)NCCCCC(CO)COP(=O)(OC)OC. The second kappa shape index (κ2) is 18.4. The molecule has 0 aliphatic heterocycles. The average Bonchev–Trinajstić information content (AvgIpc) is 2.71. The van der Waals surface area contributed by atoms with E-state index in [0.717, 1.165) is 12.8 Å². The van der Waals surface area contributed by atoms with Crippen LogP contribution in [0.1, 0.15) is 52.4 Å². The van der Waals surface area contributed by atoms with Gasteiger partial charge in [-0.1, -0.05) is 20.3 Å². The number of carbonyl (C=O) groups excluding carboxylic acids is 2. The number of rotatable bonds is 15. The van der Waals surface area contributed by atoms with Gasteiger partial charge in [-0.3, -0.25) is 23.2 Å². The quantitative estimate of drug-likeness (QED) is 0.278. The molecule has 27 heavy (non-hydrogen) atoms. The first-order chi connectivity index (χ1) is 12.9. The van der Waals surface area contributed by atoms with E-state index in [1.807, 2.05) is 13.8 Å². The lowest BCUT2D eigenvalue weighted by Crippen LogP contribution is -2.25. The van der Waals surface area contributed by atoms with E-state index in [1.54, 1.807) is 7.05 Å². The van der Waals surface area contributed by atoms with Gasteiger partial charge in [-0.15, -0.1) is 0 Å². The van der Waals surface area contributed by atoms with Gasteiger partial charge in [0.25, 0.3) is 0 Å². The van der Waals surface area contributed by atoms with Crippen molar-refractivity contribution in [3.63, 3.8) is 0 Å². The minimum absolute atomic E-state index is 0.0707. The van der Waals surface area contributed by atoms with Gasteiger partial charge in [-0.2, -0.15) is 0 Å². The lowest BCUT2D eigenvalue weighted by Gasteiger charge is -2.18. The van der Waals surface area contributed by atoms with Gasteiger partial charge in [0, 0.05) is 53.2 Å². The summed E-state index contributed by atoms with van der Waals surface area (Å²) < 4.78 is 26.2. The van der Waals surface area contributed by atoms with Gasteiger partial charge < -0.3 is 15.7 Å². The Morgan fingerprint density at radius 3 is 2.15 bits per heavy atom. The molecule has 0 saturated heterocycles. The maximum absolute atomic E-state index is 11.7. The van der Waals surface area contributed by atoms with E-state index in [-0.39, 0.29) is 30.9 Å². The van der Waals surface area contributed by atoms with E-state index in [2.05, 4.69) is 19.7 Å². The minimum atomic E-state index is -3.52. The number of nitrogens with one attached hydrogen (secondary N) is 2. The smallest absolute Gasteiger partial charge is 0.396 e. The van der Waals surface area contributed by atoms with Gasteiger partial charge in [0.1, 0.15) is 0 Å². The highest BCUT2D eigenvalue weighted by Crippen LogP contribution is 2.47. The number of unbranched alkanes of at least 4 members (excludes halogenated alkanes) is 1. The van der Waals surface area contributed by atoms with E-state index in [1.165, 1.54) is 14.2 Å². The first kappa shape index (κ1) is 28.2. The topological polar surface area (TPSA) is 123 Å². The van der Waals surface area contributed by atoms with Gasteiger partial charge >= 0.3 is 7.82 Å². The number of amides is 2. The Morgan fingerprint density at radius 2 is 1.63 bits per heavy atom. The number of phosphoric acid groups is 1. The fourth-order valence-electron chi connectivity index (χ4n) is 2.01.